The van der Waals surface area contributed by atoms with Gasteiger partial charge in [-0.3, -0.25) is 4.79 Å². The first kappa shape index (κ1) is 17.8. The molecule has 1 amide bonds. The molecule has 136 valence electrons. The van der Waals surface area contributed by atoms with Crippen LogP contribution in [-0.4, -0.2) is 37.2 Å². The van der Waals surface area contributed by atoms with Crippen LogP contribution in [0.3, 0.4) is 0 Å². The zero-order valence-electron chi connectivity index (χ0n) is 15.0. The van der Waals surface area contributed by atoms with E-state index in [-0.39, 0.29) is 11.8 Å². The average Bonchev–Trinajstić information content (AvgIpc) is 3.02. The van der Waals surface area contributed by atoms with Crippen LogP contribution in [0.4, 0.5) is 5.69 Å². The lowest BCUT2D eigenvalue weighted by Crippen LogP contribution is -2.32. The molecule has 0 bridgehead atoms. The normalized spacial score (nSPS) is 15.1. The summed E-state index contributed by atoms with van der Waals surface area (Å²) in [4.78, 5) is 25.1. The quantitative estimate of drug-likeness (QED) is 0.892. The molecule has 0 radical (unpaired) electrons. The van der Waals surface area contributed by atoms with Crippen LogP contribution in [0.1, 0.15) is 22.6 Å². The summed E-state index contributed by atoms with van der Waals surface area (Å²) in [6, 6.07) is 10.8. The minimum absolute atomic E-state index is 0.0498. The first-order valence-electron chi connectivity index (χ1n) is 8.33. The van der Waals surface area contributed by atoms with Gasteiger partial charge in [-0.25, -0.2) is 4.79 Å². The summed E-state index contributed by atoms with van der Waals surface area (Å²) < 4.78 is 10.8. The average molecular weight is 355 g/mol. The zero-order chi connectivity index (χ0) is 18.8. The Bertz CT molecular complexity index is 844. The molecule has 0 saturated heterocycles. The SMILES string of the molecule is Cc1cc2c(cc1C)C(C(=O)N(C)c1ccc(OCC(=O)O)cc1)CO2. The van der Waals surface area contributed by atoms with Crippen LogP contribution >= 0.6 is 0 Å². The lowest BCUT2D eigenvalue weighted by molar-refractivity contribution is -0.139. The van der Waals surface area contributed by atoms with Crippen molar-refractivity contribution >= 4 is 17.6 Å². The fourth-order valence-electron chi connectivity index (χ4n) is 2.95. The number of ether oxygens (including phenoxy) is 2. The van der Waals surface area contributed by atoms with Crippen molar-refractivity contribution in [2.75, 3.05) is 25.2 Å². The molecule has 26 heavy (non-hydrogen) atoms. The Labute approximate surface area is 152 Å². The largest absolute Gasteiger partial charge is 0.492 e. The fraction of sp³-hybridized carbons (Fsp3) is 0.300. The third-order valence-corrected chi connectivity index (χ3v) is 4.62. The van der Waals surface area contributed by atoms with E-state index in [1.54, 1.807) is 36.2 Å². The van der Waals surface area contributed by atoms with Gasteiger partial charge in [0.2, 0.25) is 5.91 Å². The fourth-order valence-corrected chi connectivity index (χ4v) is 2.95. The molecular weight excluding hydrogens is 334 g/mol. The maximum absolute atomic E-state index is 12.9. The summed E-state index contributed by atoms with van der Waals surface area (Å²) in [6.07, 6.45) is 0. The number of carboxylic acids is 1. The number of aliphatic carboxylic acids is 1. The van der Waals surface area contributed by atoms with E-state index >= 15 is 0 Å². The molecule has 0 fully saturated rings. The van der Waals surface area contributed by atoms with Gasteiger partial charge in [0.05, 0.1) is 0 Å². The minimum Gasteiger partial charge on any atom is -0.492 e. The van der Waals surface area contributed by atoms with Gasteiger partial charge in [-0.2, -0.15) is 0 Å². The van der Waals surface area contributed by atoms with Crippen molar-refractivity contribution in [3.8, 4) is 11.5 Å². The van der Waals surface area contributed by atoms with Crippen LogP contribution in [0, 0.1) is 13.8 Å². The second kappa shape index (κ2) is 7.07. The number of aryl methyl sites for hydroxylation is 2. The Morgan fingerprint density at radius 2 is 1.85 bits per heavy atom. The van der Waals surface area contributed by atoms with Crippen LogP contribution in [0.5, 0.6) is 11.5 Å². The third-order valence-electron chi connectivity index (χ3n) is 4.62. The Balaban J connectivity index is 1.75. The smallest absolute Gasteiger partial charge is 0.341 e. The molecule has 1 N–H and O–H groups in total. The summed E-state index contributed by atoms with van der Waals surface area (Å²) in [6.45, 7) is 3.98. The van der Waals surface area contributed by atoms with Crippen molar-refractivity contribution in [1.29, 1.82) is 0 Å². The van der Waals surface area contributed by atoms with Crippen molar-refractivity contribution < 1.29 is 24.2 Å². The number of carbonyl (C=O) groups is 2. The number of likely N-dealkylation sites (N-methyl/N-ethyl adjacent to an activating group) is 1. The van der Waals surface area contributed by atoms with E-state index < -0.39 is 12.6 Å². The molecule has 1 atom stereocenters. The number of hydrogen-bond acceptors (Lipinski definition) is 4. The summed E-state index contributed by atoms with van der Waals surface area (Å²) in [5, 5.41) is 8.64. The highest BCUT2D eigenvalue weighted by atomic mass is 16.5. The van der Waals surface area contributed by atoms with E-state index in [1.165, 1.54) is 0 Å². The standard InChI is InChI=1S/C20H21NO5/c1-12-8-16-17(10-26-18(16)9-13(12)2)20(24)21(3)14-4-6-15(7-5-14)25-11-19(22)23/h4-9,17H,10-11H2,1-3H3,(H,22,23). The Kier molecular flexibility index (Phi) is 4.84. The van der Waals surface area contributed by atoms with Crippen molar-refractivity contribution in [3.63, 3.8) is 0 Å². The molecule has 1 heterocycles. The Hall–Kier alpha value is -3.02. The number of anilines is 1. The highest BCUT2D eigenvalue weighted by Crippen LogP contribution is 2.37. The van der Waals surface area contributed by atoms with E-state index in [0.717, 1.165) is 22.4 Å². The molecule has 0 saturated carbocycles. The minimum atomic E-state index is -1.04. The summed E-state index contributed by atoms with van der Waals surface area (Å²) in [5.41, 5.74) is 3.90. The number of nitrogens with zero attached hydrogens (tertiary/aromatic N) is 1. The van der Waals surface area contributed by atoms with Crippen LogP contribution in [0.2, 0.25) is 0 Å². The van der Waals surface area contributed by atoms with E-state index in [4.69, 9.17) is 14.6 Å². The molecule has 2 aromatic rings. The zero-order valence-corrected chi connectivity index (χ0v) is 15.0. The van der Waals surface area contributed by atoms with E-state index in [2.05, 4.69) is 0 Å². The Morgan fingerprint density at radius 3 is 2.50 bits per heavy atom. The number of fused-ring (bicyclic) bond motifs is 1. The lowest BCUT2D eigenvalue weighted by Gasteiger charge is -2.21. The number of amides is 1. The highest BCUT2D eigenvalue weighted by Gasteiger charge is 2.33. The molecule has 1 aliphatic rings. The molecule has 1 aliphatic heterocycles. The number of carbonyl (C=O) groups excluding carboxylic acids is 1. The molecule has 1 unspecified atom stereocenters. The van der Waals surface area contributed by atoms with Crippen LogP contribution in [0.25, 0.3) is 0 Å². The second-order valence-corrected chi connectivity index (χ2v) is 6.41. The van der Waals surface area contributed by atoms with Gasteiger partial charge in [0, 0.05) is 18.3 Å². The predicted molar refractivity (Wildman–Crippen MR) is 97.1 cm³/mol. The van der Waals surface area contributed by atoms with E-state index in [0.29, 0.717) is 18.0 Å². The van der Waals surface area contributed by atoms with Crippen molar-refractivity contribution in [1.82, 2.24) is 0 Å². The molecule has 0 aliphatic carbocycles. The first-order chi connectivity index (χ1) is 12.4. The van der Waals surface area contributed by atoms with Gasteiger partial charge < -0.3 is 19.5 Å². The van der Waals surface area contributed by atoms with Gasteiger partial charge in [-0.1, -0.05) is 6.07 Å². The van der Waals surface area contributed by atoms with Gasteiger partial charge in [0.15, 0.2) is 6.61 Å². The molecule has 2 aromatic carbocycles. The molecule has 0 spiro atoms. The van der Waals surface area contributed by atoms with Crippen molar-refractivity contribution in [2.45, 2.75) is 19.8 Å². The highest BCUT2D eigenvalue weighted by molar-refractivity contribution is 5.98. The van der Waals surface area contributed by atoms with Gasteiger partial charge in [0.1, 0.15) is 24.0 Å². The van der Waals surface area contributed by atoms with Gasteiger partial charge >= 0.3 is 5.97 Å². The molecule has 0 aromatic heterocycles. The second-order valence-electron chi connectivity index (χ2n) is 6.41. The summed E-state index contributed by atoms with van der Waals surface area (Å²) in [7, 11) is 1.72. The van der Waals surface area contributed by atoms with Crippen molar-refractivity contribution in [3.05, 3.63) is 53.1 Å². The Morgan fingerprint density at radius 1 is 1.19 bits per heavy atom. The van der Waals surface area contributed by atoms with Crippen LogP contribution in [-0.2, 0) is 9.59 Å². The lowest BCUT2D eigenvalue weighted by atomic mass is 9.96. The van der Waals surface area contributed by atoms with Gasteiger partial charge in [-0.15, -0.1) is 0 Å². The number of benzene rings is 2. The third kappa shape index (κ3) is 3.49. The van der Waals surface area contributed by atoms with Gasteiger partial charge in [-0.05, 0) is 55.3 Å². The van der Waals surface area contributed by atoms with Crippen LogP contribution < -0.4 is 14.4 Å². The van der Waals surface area contributed by atoms with Crippen molar-refractivity contribution in [2.24, 2.45) is 0 Å². The first-order valence-corrected chi connectivity index (χ1v) is 8.33. The molecular formula is C20H21NO5. The maximum Gasteiger partial charge on any atom is 0.341 e. The van der Waals surface area contributed by atoms with Crippen LogP contribution in [0.15, 0.2) is 36.4 Å². The maximum atomic E-state index is 12.9. The van der Waals surface area contributed by atoms with E-state index in [1.807, 2.05) is 26.0 Å². The topological polar surface area (TPSA) is 76.1 Å². The number of carboxylic acid groups (broad SMARTS) is 1. The van der Waals surface area contributed by atoms with Gasteiger partial charge in [0.25, 0.3) is 0 Å². The molecule has 6 nitrogen and oxygen atoms in total. The van der Waals surface area contributed by atoms with E-state index in [9.17, 15) is 9.59 Å². The number of rotatable bonds is 5. The monoisotopic (exact) mass is 355 g/mol. The molecule has 6 heteroatoms. The summed E-state index contributed by atoms with van der Waals surface area (Å²) in [5.74, 6) is -0.204. The summed E-state index contributed by atoms with van der Waals surface area (Å²) >= 11 is 0. The predicted octanol–water partition coefficient (Wildman–Crippen LogP) is 2.91. The molecule has 3 rings (SSSR count). The number of hydrogen-bond donors (Lipinski definition) is 1.